The molecule has 2 N–H and O–H groups in total. The van der Waals surface area contributed by atoms with Gasteiger partial charge in [0, 0.05) is 12.5 Å². The van der Waals surface area contributed by atoms with Crippen molar-refractivity contribution >= 4 is 0 Å². The molecule has 23 heavy (non-hydrogen) atoms. The third kappa shape index (κ3) is 2.06. The van der Waals surface area contributed by atoms with Crippen LogP contribution in [0.15, 0.2) is 23.8 Å². The van der Waals surface area contributed by atoms with E-state index < -0.39 is 0 Å². The number of fused-ring (bicyclic) bond motifs is 5. The van der Waals surface area contributed by atoms with Gasteiger partial charge < -0.3 is 14.9 Å². The van der Waals surface area contributed by atoms with Gasteiger partial charge in [0.2, 0.25) is 0 Å². The molecule has 0 amide bonds. The lowest BCUT2D eigenvalue weighted by Gasteiger charge is -2.57. The van der Waals surface area contributed by atoms with E-state index in [1.807, 2.05) is 13.2 Å². The van der Waals surface area contributed by atoms with Crippen LogP contribution in [-0.2, 0) is 4.74 Å². The Morgan fingerprint density at radius 2 is 1.91 bits per heavy atom. The van der Waals surface area contributed by atoms with Crippen molar-refractivity contribution in [1.29, 1.82) is 0 Å². The summed E-state index contributed by atoms with van der Waals surface area (Å²) in [4.78, 5) is 0. The molecular formula is C20H30O3. The third-order valence-electron chi connectivity index (χ3n) is 7.86. The molecule has 0 aromatic carbocycles. The average Bonchev–Trinajstić information content (AvgIpc) is 2.83. The zero-order valence-corrected chi connectivity index (χ0v) is 14.5. The minimum absolute atomic E-state index is 0.0494. The van der Waals surface area contributed by atoms with Gasteiger partial charge in [0.15, 0.2) is 0 Å². The van der Waals surface area contributed by atoms with E-state index in [4.69, 9.17) is 4.74 Å². The Balaban J connectivity index is 1.78. The van der Waals surface area contributed by atoms with E-state index in [1.54, 1.807) is 0 Å². The van der Waals surface area contributed by atoms with Crippen LogP contribution in [0.5, 0.6) is 0 Å². The Morgan fingerprint density at radius 1 is 1.13 bits per heavy atom. The van der Waals surface area contributed by atoms with Crippen molar-refractivity contribution in [3.8, 4) is 0 Å². The van der Waals surface area contributed by atoms with Gasteiger partial charge in [-0.05, 0) is 55.3 Å². The molecule has 0 heterocycles. The van der Waals surface area contributed by atoms with Gasteiger partial charge >= 0.3 is 0 Å². The first-order valence-corrected chi connectivity index (χ1v) is 9.19. The minimum atomic E-state index is -0.356. The van der Waals surface area contributed by atoms with Crippen LogP contribution >= 0.6 is 0 Å². The van der Waals surface area contributed by atoms with E-state index >= 15 is 0 Å². The molecule has 2 fully saturated rings. The first-order chi connectivity index (χ1) is 10.9. The maximum Gasteiger partial charge on any atom is 0.0789 e. The van der Waals surface area contributed by atoms with Crippen molar-refractivity contribution in [2.24, 2.45) is 28.6 Å². The van der Waals surface area contributed by atoms with Crippen molar-refractivity contribution in [3.05, 3.63) is 23.8 Å². The summed E-state index contributed by atoms with van der Waals surface area (Å²) in [7, 11) is 1.81. The van der Waals surface area contributed by atoms with E-state index in [9.17, 15) is 10.2 Å². The fraction of sp³-hybridized carbons (Fsp3) is 0.800. The van der Waals surface area contributed by atoms with Crippen LogP contribution < -0.4 is 0 Å². The molecule has 128 valence electrons. The van der Waals surface area contributed by atoms with E-state index in [0.29, 0.717) is 17.8 Å². The first-order valence-electron chi connectivity index (χ1n) is 9.19. The number of allylic oxidation sites excluding steroid dienone is 1. The average molecular weight is 318 g/mol. The van der Waals surface area contributed by atoms with Crippen LogP contribution in [0, 0.1) is 28.6 Å². The summed E-state index contributed by atoms with van der Waals surface area (Å²) < 4.78 is 5.91. The molecule has 0 radical (unpaired) electrons. The van der Waals surface area contributed by atoms with Gasteiger partial charge in [-0.25, -0.2) is 0 Å². The zero-order valence-electron chi connectivity index (χ0n) is 14.5. The molecule has 0 aromatic rings. The molecule has 4 rings (SSSR count). The molecule has 4 aliphatic carbocycles. The normalized spacial score (nSPS) is 54.9. The number of ether oxygens (including phenoxy) is 1. The van der Waals surface area contributed by atoms with Gasteiger partial charge in [-0.15, -0.1) is 0 Å². The zero-order chi connectivity index (χ0) is 16.4. The third-order valence-corrected chi connectivity index (χ3v) is 7.86. The second kappa shape index (κ2) is 5.18. The Kier molecular flexibility index (Phi) is 3.57. The summed E-state index contributed by atoms with van der Waals surface area (Å²) in [5, 5.41) is 20.6. The second-order valence-electron chi connectivity index (χ2n) is 8.73. The highest BCUT2D eigenvalue weighted by Gasteiger charge is 2.60. The number of aliphatic hydroxyl groups is 2. The Bertz CT molecular complexity index is 553. The summed E-state index contributed by atoms with van der Waals surface area (Å²) in [5.41, 5.74) is 1.45. The van der Waals surface area contributed by atoms with Crippen LogP contribution in [0.4, 0.5) is 0 Å². The summed E-state index contributed by atoms with van der Waals surface area (Å²) in [6, 6.07) is 0. The van der Waals surface area contributed by atoms with Gasteiger partial charge in [-0.1, -0.05) is 37.6 Å². The molecular weight excluding hydrogens is 288 g/mol. The monoisotopic (exact) mass is 318 g/mol. The maximum atomic E-state index is 10.6. The second-order valence-corrected chi connectivity index (χ2v) is 8.73. The molecule has 3 heteroatoms. The minimum Gasteiger partial charge on any atom is -0.393 e. The fourth-order valence-corrected chi connectivity index (χ4v) is 6.40. The molecule has 0 saturated heterocycles. The molecule has 0 aliphatic heterocycles. The lowest BCUT2D eigenvalue weighted by Crippen LogP contribution is -2.54. The number of methoxy groups -OCH3 is 1. The Labute approximate surface area is 139 Å². The highest BCUT2D eigenvalue weighted by Crippen LogP contribution is 2.64. The Hall–Kier alpha value is -0.640. The van der Waals surface area contributed by atoms with Crippen molar-refractivity contribution in [2.75, 3.05) is 7.11 Å². The van der Waals surface area contributed by atoms with E-state index in [-0.39, 0.29) is 29.1 Å². The quantitative estimate of drug-likeness (QED) is 0.731. The highest BCUT2D eigenvalue weighted by molar-refractivity contribution is 5.34. The van der Waals surface area contributed by atoms with Crippen molar-refractivity contribution in [2.45, 2.75) is 64.3 Å². The summed E-state index contributed by atoms with van der Waals surface area (Å²) in [6.45, 7) is 4.64. The predicted molar refractivity (Wildman–Crippen MR) is 89.8 cm³/mol. The topological polar surface area (TPSA) is 49.7 Å². The molecule has 8 atom stereocenters. The van der Waals surface area contributed by atoms with Crippen molar-refractivity contribution in [3.63, 3.8) is 0 Å². The predicted octanol–water partition coefficient (Wildman–Crippen LogP) is 3.07. The number of aliphatic hydroxyl groups excluding tert-OH is 2. The van der Waals surface area contributed by atoms with Gasteiger partial charge in [-0.2, -0.15) is 0 Å². The molecule has 3 nitrogen and oxygen atoms in total. The smallest absolute Gasteiger partial charge is 0.0789 e. The van der Waals surface area contributed by atoms with Crippen LogP contribution in [0.1, 0.15) is 46.0 Å². The largest absolute Gasteiger partial charge is 0.393 e. The molecule has 0 unspecified atom stereocenters. The Morgan fingerprint density at radius 3 is 2.65 bits per heavy atom. The lowest BCUT2D eigenvalue weighted by molar-refractivity contribution is -0.0993. The number of hydrogen-bond donors (Lipinski definition) is 2. The van der Waals surface area contributed by atoms with E-state index in [0.717, 1.165) is 32.1 Å². The fourth-order valence-electron chi connectivity index (χ4n) is 6.40. The first kappa shape index (κ1) is 15.9. The lowest BCUT2D eigenvalue weighted by atomic mass is 9.48. The molecule has 0 spiro atoms. The van der Waals surface area contributed by atoms with E-state index in [1.165, 1.54) is 5.57 Å². The summed E-state index contributed by atoms with van der Waals surface area (Å²) in [5.74, 6) is 1.57. The molecule has 0 bridgehead atoms. The number of hydrogen-bond acceptors (Lipinski definition) is 3. The number of rotatable bonds is 1. The van der Waals surface area contributed by atoms with Gasteiger partial charge in [0.25, 0.3) is 0 Å². The summed E-state index contributed by atoms with van der Waals surface area (Å²) in [6.07, 6.45) is 11.2. The van der Waals surface area contributed by atoms with Gasteiger partial charge in [-0.3, -0.25) is 0 Å². The van der Waals surface area contributed by atoms with Crippen LogP contribution in [0.3, 0.4) is 0 Å². The van der Waals surface area contributed by atoms with Crippen LogP contribution in [0.25, 0.3) is 0 Å². The standard InChI is InChI=1S/C20H30O3/c1-19-8-6-13(21)10-12(19)11-16(23-3)18-14-4-5-17(22)20(14,2)9-7-15(18)19/h6,8,11,13-18,21-22H,4-5,7,9-10H2,1-3H3/t13-,14-,15-,16-,17-,18-,19-,20-/m0/s1. The SMILES string of the molecule is CO[C@H]1C=C2C[C@@H](O)C=C[C@]2(C)[C@H]2CC[C@]3(C)[C@@H](O)CC[C@H]3[C@H]12. The van der Waals surface area contributed by atoms with Crippen molar-refractivity contribution in [1.82, 2.24) is 0 Å². The van der Waals surface area contributed by atoms with E-state index in [2.05, 4.69) is 26.0 Å². The van der Waals surface area contributed by atoms with Crippen LogP contribution in [0.2, 0.25) is 0 Å². The summed E-state index contributed by atoms with van der Waals surface area (Å²) >= 11 is 0. The highest BCUT2D eigenvalue weighted by atomic mass is 16.5. The maximum absolute atomic E-state index is 10.6. The molecule has 4 aliphatic rings. The molecule has 2 saturated carbocycles. The van der Waals surface area contributed by atoms with Gasteiger partial charge in [0.05, 0.1) is 18.3 Å². The van der Waals surface area contributed by atoms with Crippen LogP contribution in [-0.4, -0.2) is 35.6 Å². The van der Waals surface area contributed by atoms with Crippen molar-refractivity contribution < 1.29 is 14.9 Å². The van der Waals surface area contributed by atoms with Gasteiger partial charge in [0.1, 0.15) is 0 Å². The molecule has 0 aromatic heterocycles.